The standard InChI is InChI=1S/C11H16N2O3S/c1-8(12)11(14)13-7-9-3-5-10(6-4-9)17(2,15)16/h3-6,8H,7,12H2,1-2H3,(H,13,14). The molecule has 17 heavy (non-hydrogen) atoms. The van der Waals surface area contributed by atoms with Gasteiger partial charge in [0.2, 0.25) is 5.91 Å². The number of carbonyl (C=O) groups is 1. The zero-order chi connectivity index (χ0) is 13.1. The van der Waals surface area contributed by atoms with Gasteiger partial charge in [0.15, 0.2) is 9.84 Å². The monoisotopic (exact) mass is 256 g/mol. The third kappa shape index (κ3) is 4.16. The van der Waals surface area contributed by atoms with Gasteiger partial charge in [-0.3, -0.25) is 4.79 Å². The summed E-state index contributed by atoms with van der Waals surface area (Å²) in [5.74, 6) is -0.239. The Bertz CT molecular complexity index is 492. The molecule has 0 saturated heterocycles. The van der Waals surface area contributed by atoms with Crippen molar-refractivity contribution in [2.24, 2.45) is 5.73 Å². The maximum absolute atomic E-state index is 11.2. The van der Waals surface area contributed by atoms with Crippen LogP contribution in [0.5, 0.6) is 0 Å². The highest BCUT2D eigenvalue weighted by Crippen LogP contribution is 2.10. The number of amides is 1. The molecule has 1 atom stereocenters. The lowest BCUT2D eigenvalue weighted by Crippen LogP contribution is -2.37. The largest absolute Gasteiger partial charge is 0.351 e. The lowest BCUT2D eigenvalue weighted by Gasteiger charge is -2.08. The van der Waals surface area contributed by atoms with Crippen LogP contribution in [0.25, 0.3) is 0 Å². The minimum atomic E-state index is -3.17. The van der Waals surface area contributed by atoms with Gasteiger partial charge in [0, 0.05) is 12.8 Å². The Labute approximate surface area is 101 Å². The summed E-state index contributed by atoms with van der Waals surface area (Å²) < 4.78 is 22.4. The molecular weight excluding hydrogens is 240 g/mol. The second-order valence-corrected chi connectivity index (χ2v) is 5.94. The van der Waals surface area contributed by atoms with Gasteiger partial charge in [0.1, 0.15) is 0 Å². The number of nitrogens with one attached hydrogen (secondary N) is 1. The van der Waals surface area contributed by atoms with Crippen molar-refractivity contribution in [3.05, 3.63) is 29.8 Å². The second-order valence-electron chi connectivity index (χ2n) is 3.92. The van der Waals surface area contributed by atoms with Crippen molar-refractivity contribution < 1.29 is 13.2 Å². The van der Waals surface area contributed by atoms with Gasteiger partial charge < -0.3 is 11.1 Å². The van der Waals surface area contributed by atoms with E-state index in [1.54, 1.807) is 19.1 Å². The van der Waals surface area contributed by atoms with Crippen LogP contribution >= 0.6 is 0 Å². The number of hydrogen-bond acceptors (Lipinski definition) is 4. The summed E-state index contributed by atoms with van der Waals surface area (Å²) in [6.07, 6.45) is 1.15. The molecule has 1 unspecified atom stereocenters. The van der Waals surface area contributed by atoms with Gasteiger partial charge in [-0.1, -0.05) is 12.1 Å². The normalized spacial score (nSPS) is 13.1. The molecule has 1 aromatic rings. The zero-order valence-electron chi connectivity index (χ0n) is 9.80. The summed E-state index contributed by atoms with van der Waals surface area (Å²) in [5, 5.41) is 2.64. The highest BCUT2D eigenvalue weighted by Gasteiger charge is 2.08. The molecule has 0 radical (unpaired) electrons. The van der Waals surface area contributed by atoms with E-state index >= 15 is 0 Å². The van der Waals surface area contributed by atoms with E-state index in [0.717, 1.165) is 11.8 Å². The quantitative estimate of drug-likeness (QED) is 0.796. The minimum absolute atomic E-state index is 0.239. The van der Waals surface area contributed by atoms with Gasteiger partial charge in [-0.25, -0.2) is 8.42 Å². The SMILES string of the molecule is CC(N)C(=O)NCc1ccc(S(C)(=O)=O)cc1. The first-order valence-electron chi connectivity index (χ1n) is 5.13. The summed E-state index contributed by atoms with van der Waals surface area (Å²) in [6.45, 7) is 1.94. The zero-order valence-corrected chi connectivity index (χ0v) is 10.6. The Kier molecular flexibility index (Phi) is 4.25. The number of hydrogen-bond donors (Lipinski definition) is 2. The van der Waals surface area contributed by atoms with Crippen molar-refractivity contribution in [3.63, 3.8) is 0 Å². The number of nitrogens with two attached hydrogens (primary N) is 1. The molecule has 94 valence electrons. The van der Waals surface area contributed by atoms with Crippen LogP contribution in [0.4, 0.5) is 0 Å². The Morgan fingerprint density at radius 1 is 1.35 bits per heavy atom. The van der Waals surface area contributed by atoms with E-state index in [1.807, 2.05) is 0 Å². The van der Waals surface area contributed by atoms with E-state index in [0.29, 0.717) is 6.54 Å². The van der Waals surface area contributed by atoms with Gasteiger partial charge in [-0.05, 0) is 24.6 Å². The van der Waals surface area contributed by atoms with Gasteiger partial charge in [-0.15, -0.1) is 0 Å². The van der Waals surface area contributed by atoms with Crippen molar-refractivity contribution in [2.45, 2.75) is 24.4 Å². The van der Waals surface area contributed by atoms with Gasteiger partial charge in [-0.2, -0.15) is 0 Å². The smallest absolute Gasteiger partial charge is 0.236 e. The third-order valence-corrected chi connectivity index (χ3v) is 3.36. The molecule has 0 spiro atoms. The van der Waals surface area contributed by atoms with Crippen molar-refractivity contribution in [1.82, 2.24) is 5.32 Å². The van der Waals surface area contributed by atoms with E-state index in [2.05, 4.69) is 5.32 Å². The predicted molar refractivity (Wildman–Crippen MR) is 65.0 cm³/mol. The summed E-state index contributed by atoms with van der Waals surface area (Å²) >= 11 is 0. The maximum Gasteiger partial charge on any atom is 0.236 e. The Morgan fingerprint density at radius 2 is 1.88 bits per heavy atom. The fraction of sp³-hybridized carbons (Fsp3) is 0.364. The van der Waals surface area contributed by atoms with Gasteiger partial charge >= 0.3 is 0 Å². The lowest BCUT2D eigenvalue weighted by atomic mass is 10.2. The van der Waals surface area contributed by atoms with Crippen LogP contribution in [0.3, 0.4) is 0 Å². The highest BCUT2D eigenvalue weighted by molar-refractivity contribution is 7.90. The molecule has 1 amide bonds. The number of sulfone groups is 1. The molecule has 0 fully saturated rings. The van der Waals surface area contributed by atoms with Crippen molar-refractivity contribution in [2.75, 3.05) is 6.26 Å². The molecule has 0 aliphatic heterocycles. The summed E-state index contributed by atoms with van der Waals surface area (Å²) in [6, 6.07) is 5.81. The molecule has 0 aromatic heterocycles. The molecule has 5 nitrogen and oxygen atoms in total. The van der Waals surface area contributed by atoms with Crippen LogP contribution in [-0.4, -0.2) is 26.6 Å². The molecule has 0 bridgehead atoms. The van der Waals surface area contributed by atoms with Crippen LogP contribution in [0.2, 0.25) is 0 Å². The first-order chi connectivity index (χ1) is 7.80. The number of benzene rings is 1. The van der Waals surface area contributed by atoms with E-state index in [9.17, 15) is 13.2 Å². The predicted octanol–water partition coefficient (Wildman–Crippen LogP) is 0.0535. The average Bonchev–Trinajstić information content (AvgIpc) is 2.25. The fourth-order valence-electron chi connectivity index (χ4n) is 1.20. The topological polar surface area (TPSA) is 89.3 Å². The second kappa shape index (κ2) is 5.29. The molecule has 0 aliphatic carbocycles. The van der Waals surface area contributed by atoms with Crippen LogP contribution < -0.4 is 11.1 Å². The lowest BCUT2D eigenvalue weighted by molar-refractivity contribution is -0.122. The Morgan fingerprint density at radius 3 is 2.29 bits per heavy atom. The van der Waals surface area contributed by atoms with Gasteiger partial charge in [0.25, 0.3) is 0 Å². The van der Waals surface area contributed by atoms with Crippen molar-refractivity contribution in [3.8, 4) is 0 Å². The third-order valence-electron chi connectivity index (χ3n) is 2.23. The van der Waals surface area contributed by atoms with Crippen LogP contribution in [-0.2, 0) is 21.2 Å². The van der Waals surface area contributed by atoms with Crippen LogP contribution in [0.15, 0.2) is 29.2 Å². The van der Waals surface area contributed by atoms with Crippen molar-refractivity contribution >= 4 is 15.7 Å². The highest BCUT2D eigenvalue weighted by atomic mass is 32.2. The van der Waals surface area contributed by atoms with Crippen LogP contribution in [0, 0.1) is 0 Å². The van der Waals surface area contributed by atoms with E-state index in [-0.39, 0.29) is 10.8 Å². The summed E-state index contributed by atoms with van der Waals surface area (Å²) in [7, 11) is -3.17. The number of carbonyl (C=O) groups excluding carboxylic acids is 1. The molecule has 0 saturated carbocycles. The molecule has 1 aromatic carbocycles. The molecule has 0 heterocycles. The molecule has 0 aliphatic rings. The Hall–Kier alpha value is -1.40. The molecule has 1 rings (SSSR count). The average molecular weight is 256 g/mol. The summed E-state index contributed by atoms with van der Waals surface area (Å²) in [4.78, 5) is 11.5. The molecular formula is C11H16N2O3S. The fourth-order valence-corrected chi connectivity index (χ4v) is 1.84. The van der Waals surface area contributed by atoms with Gasteiger partial charge in [0.05, 0.1) is 10.9 Å². The molecule has 6 heteroatoms. The Balaban J connectivity index is 2.67. The minimum Gasteiger partial charge on any atom is -0.351 e. The number of rotatable bonds is 4. The van der Waals surface area contributed by atoms with Crippen molar-refractivity contribution in [1.29, 1.82) is 0 Å². The van der Waals surface area contributed by atoms with E-state index < -0.39 is 15.9 Å². The maximum atomic E-state index is 11.2. The summed E-state index contributed by atoms with van der Waals surface area (Å²) in [5.41, 5.74) is 6.22. The molecule has 3 N–H and O–H groups in total. The van der Waals surface area contributed by atoms with Crippen LogP contribution in [0.1, 0.15) is 12.5 Å². The first kappa shape index (κ1) is 13.7. The van der Waals surface area contributed by atoms with E-state index in [4.69, 9.17) is 5.73 Å². The first-order valence-corrected chi connectivity index (χ1v) is 7.02. The van der Waals surface area contributed by atoms with E-state index in [1.165, 1.54) is 12.1 Å².